The van der Waals surface area contributed by atoms with Crippen LogP contribution in [0.15, 0.2) is 12.1 Å². The molecule has 4 fully saturated rings. The van der Waals surface area contributed by atoms with Crippen molar-refractivity contribution in [1.82, 2.24) is 5.32 Å². The maximum Gasteiger partial charge on any atom is 0.165 e. The fourth-order valence-corrected chi connectivity index (χ4v) is 8.21. The molecule has 4 aliphatic carbocycles. The molecule has 6 aliphatic rings. The van der Waals surface area contributed by atoms with Crippen LogP contribution in [0.1, 0.15) is 64.5 Å². The van der Waals surface area contributed by atoms with E-state index in [4.69, 9.17) is 4.74 Å². The van der Waals surface area contributed by atoms with Gasteiger partial charge in [0, 0.05) is 28.4 Å². The summed E-state index contributed by atoms with van der Waals surface area (Å²) in [4.78, 5) is 0. The molecule has 29 heavy (non-hydrogen) atoms. The van der Waals surface area contributed by atoms with E-state index in [0.717, 1.165) is 37.8 Å². The van der Waals surface area contributed by atoms with Gasteiger partial charge in [0.1, 0.15) is 11.7 Å². The molecular formula is C24H33NO4. The van der Waals surface area contributed by atoms with E-state index in [1.165, 1.54) is 5.56 Å². The predicted molar refractivity (Wildman–Crippen MR) is 109 cm³/mol. The molecule has 3 unspecified atom stereocenters. The Morgan fingerprint density at radius 3 is 2.62 bits per heavy atom. The molecule has 7 rings (SSSR count). The van der Waals surface area contributed by atoms with E-state index < -0.39 is 17.3 Å². The van der Waals surface area contributed by atoms with E-state index in [0.29, 0.717) is 18.2 Å². The van der Waals surface area contributed by atoms with Gasteiger partial charge >= 0.3 is 0 Å². The van der Waals surface area contributed by atoms with E-state index in [2.05, 4.69) is 26.1 Å². The number of piperidine rings is 1. The standard InChI is InChI=1S/C24H33NO4/c1-20(2,3)21(4,27)15-12-22-7-8-24(15,28)19-23(22)9-10-25-16(22)11-13-5-6-14(26)18(29-19)17(13)23/h5-6,15-16,19,25-28H,7-12H2,1-4H3/t15?,16-,19-,21-,22?,23+,24?/m1/s1. The SMILES string of the molecule is CC(C)(C)[C@](C)(O)C1CC23CCC1(O)[C@@H]1Oc4c(O)ccc5c4[C@@]12CCN[C@@H]3C5. The van der Waals surface area contributed by atoms with Crippen LogP contribution in [-0.2, 0) is 11.8 Å². The second kappa shape index (κ2) is 4.95. The molecule has 2 spiro atoms. The van der Waals surface area contributed by atoms with Crippen LogP contribution in [0.3, 0.4) is 0 Å². The molecule has 0 aromatic heterocycles. The average molecular weight is 400 g/mol. The smallest absolute Gasteiger partial charge is 0.165 e. The van der Waals surface area contributed by atoms with Crippen molar-refractivity contribution in [3.8, 4) is 11.5 Å². The van der Waals surface area contributed by atoms with Gasteiger partial charge < -0.3 is 25.4 Å². The fraction of sp³-hybridized carbons (Fsp3) is 0.750. The zero-order valence-electron chi connectivity index (χ0n) is 17.9. The molecule has 2 aliphatic heterocycles. The fourth-order valence-electron chi connectivity index (χ4n) is 8.21. The molecule has 4 bridgehead atoms. The number of benzene rings is 1. The minimum atomic E-state index is -1.11. The Bertz CT molecular complexity index is 920. The summed E-state index contributed by atoms with van der Waals surface area (Å²) in [5, 5.41) is 38.5. The Hall–Kier alpha value is -1.30. The first-order valence-electron chi connectivity index (χ1n) is 11.2. The van der Waals surface area contributed by atoms with E-state index in [1.807, 2.05) is 13.0 Å². The van der Waals surface area contributed by atoms with Crippen molar-refractivity contribution in [1.29, 1.82) is 0 Å². The van der Waals surface area contributed by atoms with Gasteiger partial charge in [0.2, 0.25) is 0 Å². The van der Waals surface area contributed by atoms with E-state index in [1.54, 1.807) is 6.07 Å². The number of hydrogen-bond donors (Lipinski definition) is 4. The maximum atomic E-state index is 12.3. The molecule has 1 aromatic carbocycles. The lowest BCUT2D eigenvalue weighted by Crippen LogP contribution is -2.82. The molecule has 1 saturated heterocycles. The molecule has 5 nitrogen and oxygen atoms in total. The van der Waals surface area contributed by atoms with Gasteiger partial charge in [-0.1, -0.05) is 26.8 Å². The zero-order chi connectivity index (χ0) is 20.6. The summed E-state index contributed by atoms with van der Waals surface area (Å²) in [7, 11) is 0. The second-order valence-corrected chi connectivity index (χ2v) is 11.7. The largest absolute Gasteiger partial charge is 0.504 e. The number of nitrogens with one attached hydrogen (secondary N) is 1. The van der Waals surface area contributed by atoms with Gasteiger partial charge in [-0.3, -0.25) is 0 Å². The first kappa shape index (κ1) is 18.5. The summed E-state index contributed by atoms with van der Waals surface area (Å²) in [5.74, 6) is 0.498. The van der Waals surface area contributed by atoms with Crippen molar-refractivity contribution in [2.24, 2.45) is 16.7 Å². The van der Waals surface area contributed by atoms with Crippen molar-refractivity contribution in [3.63, 3.8) is 0 Å². The Morgan fingerprint density at radius 1 is 1.14 bits per heavy atom. The van der Waals surface area contributed by atoms with Gasteiger partial charge in [-0.15, -0.1) is 0 Å². The number of phenols is 1. The number of ether oxygens (including phenoxy) is 1. The summed E-state index contributed by atoms with van der Waals surface area (Å²) in [5.41, 5.74) is -0.448. The number of aromatic hydroxyl groups is 1. The maximum absolute atomic E-state index is 12.3. The summed E-state index contributed by atoms with van der Waals surface area (Å²) in [6.07, 6.45) is 3.78. The summed E-state index contributed by atoms with van der Waals surface area (Å²) in [6.45, 7) is 8.97. The minimum absolute atomic E-state index is 0.0631. The van der Waals surface area contributed by atoms with Gasteiger partial charge in [-0.05, 0) is 62.6 Å². The molecule has 1 aromatic rings. The molecule has 158 valence electrons. The van der Waals surface area contributed by atoms with Crippen LogP contribution >= 0.6 is 0 Å². The predicted octanol–water partition coefficient (Wildman–Crippen LogP) is 2.64. The summed E-state index contributed by atoms with van der Waals surface area (Å²) < 4.78 is 6.54. The van der Waals surface area contributed by atoms with Gasteiger partial charge in [-0.25, -0.2) is 0 Å². The monoisotopic (exact) mass is 399 g/mol. The molecular weight excluding hydrogens is 366 g/mol. The van der Waals surface area contributed by atoms with Crippen LogP contribution in [0.5, 0.6) is 11.5 Å². The topological polar surface area (TPSA) is 82.0 Å². The highest BCUT2D eigenvalue weighted by Gasteiger charge is 2.81. The molecule has 7 atom stereocenters. The lowest BCUT2D eigenvalue weighted by Gasteiger charge is -2.73. The molecule has 0 amide bonds. The number of phenolic OH excluding ortho intramolecular Hbond substituents is 1. The Morgan fingerprint density at radius 2 is 1.90 bits per heavy atom. The van der Waals surface area contributed by atoms with Crippen molar-refractivity contribution < 1.29 is 20.1 Å². The lowest BCUT2D eigenvalue weighted by molar-refractivity contribution is -0.295. The number of rotatable bonds is 1. The Labute approximate surface area is 172 Å². The van der Waals surface area contributed by atoms with Gasteiger partial charge in [0.15, 0.2) is 11.5 Å². The van der Waals surface area contributed by atoms with Crippen LogP contribution in [0.25, 0.3) is 0 Å². The van der Waals surface area contributed by atoms with Crippen molar-refractivity contribution in [3.05, 3.63) is 23.3 Å². The van der Waals surface area contributed by atoms with Crippen molar-refractivity contribution >= 4 is 0 Å². The van der Waals surface area contributed by atoms with E-state index in [9.17, 15) is 15.3 Å². The minimum Gasteiger partial charge on any atom is -0.504 e. The van der Waals surface area contributed by atoms with Crippen LogP contribution in [0.2, 0.25) is 0 Å². The van der Waals surface area contributed by atoms with Crippen LogP contribution in [0.4, 0.5) is 0 Å². The highest BCUT2D eigenvalue weighted by Crippen LogP contribution is 2.76. The first-order chi connectivity index (χ1) is 13.5. The molecule has 5 heteroatoms. The van der Waals surface area contributed by atoms with E-state index >= 15 is 0 Å². The number of hydrogen-bond acceptors (Lipinski definition) is 5. The molecule has 3 saturated carbocycles. The van der Waals surface area contributed by atoms with Crippen LogP contribution < -0.4 is 10.1 Å². The summed E-state index contributed by atoms with van der Waals surface area (Å²) in [6, 6.07) is 4.10. The van der Waals surface area contributed by atoms with E-state index in [-0.39, 0.29) is 27.9 Å². The third kappa shape index (κ3) is 1.74. The molecule has 2 heterocycles. The van der Waals surface area contributed by atoms with Crippen LogP contribution in [0, 0.1) is 16.7 Å². The number of fused-ring (bicyclic) bond motifs is 2. The Balaban J connectivity index is 1.63. The third-order valence-electron chi connectivity index (χ3n) is 10.0. The second-order valence-electron chi connectivity index (χ2n) is 11.7. The molecule has 4 N–H and O–H groups in total. The van der Waals surface area contributed by atoms with Crippen molar-refractivity contribution in [2.45, 2.75) is 88.6 Å². The van der Waals surface area contributed by atoms with Gasteiger partial charge in [0.05, 0.1) is 5.60 Å². The van der Waals surface area contributed by atoms with Crippen molar-refractivity contribution in [2.75, 3.05) is 6.54 Å². The zero-order valence-corrected chi connectivity index (χ0v) is 17.9. The normalized spacial score (nSPS) is 46.1. The van der Waals surface area contributed by atoms with Gasteiger partial charge in [-0.2, -0.15) is 0 Å². The Kier molecular flexibility index (Phi) is 3.15. The quantitative estimate of drug-likeness (QED) is 0.584. The number of aliphatic hydroxyl groups is 2. The lowest BCUT2D eigenvalue weighted by atomic mass is 9.33. The first-order valence-corrected chi connectivity index (χ1v) is 11.2. The third-order valence-corrected chi connectivity index (χ3v) is 10.0. The molecule has 0 radical (unpaired) electrons. The highest BCUT2D eigenvalue weighted by atomic mass is 16.5. The van der Waals surface area contributed by atoms with Gasteiger partial charge in [0.25, 0.3) is 0 Å². The summed E-state index contributed by atoms with van der Waals surface area (Å²) >= 11 is 0. The highest BCUT2D eigenvalue weighted by molar-refractivity contribution is 5.63. The van der Waals surface area contributed by atoms with Crippen LogP contribution in [-0.4, -0.2) is 45.2 Å². The average Bonchev–Trinajstić information content (AvgIpc) is 2.99.